The molecule has 0 saturated carbocycles. The van der Waals surface area contributed by atoms with Crippen LogP contribution in [0.15, 0.2) is 6.08 Å². The largest absolute Gasteiger partial charge is 0.460 e. The molecule has 20 heavy (non-hydrogen) atoms. The summed E-state index contributed by atoms with van der Waals surface area (Å²) in [5.41, 5.74) is -1.22. The minimum absolute atomic E-state index is 0.0993. The molecule has 0 fully saturated rings. The first-order valence-electron chi connectivity index (χ1n) is 5.25. The predicted molar refractivity (Wildman–Crippen MR) is 58.1 cm³/mol. The molecule has 0 aliphatic rings. The van der Waals surface area contributed by atoms with E-state index in [1.807, 2.05) is 0 Å². The molecule has 1 rings (SSSR count). The lowest BCUT2D eigenvalue weighted by atomic mass is 10.1. The fraction of sp³-hybridized carbons (Fsp3) is 0.250. The Balaban J connectivity index is 2.96. The maximum absolute atomic E-state index is 13.2. The van der Waals surface area contributed by atoms with Gasteiger partial charge in [0.1, 0.15) is 6.61 Å². The van der Waals surface area contributed by atoms with Gasteiger partial charge in [-0.05, 0) is 6.08 Å². The number of hydrogen-bond donors (Lipinski definition) is 0. The number of rotatable bonds is 5. The summed E-state index contributed by atoms with van der Waals surface area (Å²) < 4.78 is 74.0. The van der Waals surface area contributed by atoms with E-state index in [0.29, 0.717) is 12.2 Å². The first-order chi connectivity index (χ1) is 9.40. The Labute approximate surface area is 110 Å². The van der Waals surface area contributed by atoms with Crippen LogP contribution in [-0.4, -0.2) is 26.3 Å². The van der Waals surface area contributed by atoms with E-state index in [2.05, 4.69) is 9.47 Å². The lowest BCUT2D eigenvalue weighted by Crippen LogP contribution is -2.07. The van der Waals surface area contributed by atoms with E-state index in [4.69, 9.17) is 0 Å². The normalized spacial score (nSPS) is 11.1. The van der Waals surface area contributed by atoms with E-state index in [0.717, 1.165) is 0 Å². The molecule has 0 saturated heterocycles. The van der Waals surface area contributed by atoms with Crippen LogP contribution in [0.1, 0.15) is 5.56 Å². The van der Waals surface area contributed by atoms with Crippen LogP contribution in [0.3, 0.4) is 0 Å². The van der Waals surface area contributed by atoms with Gasteiger partial charge < -0.3 is 9.47 Å². The predicted octanol–water partition coefficient (Wildman–Crippen LogP) is 2.58. The monoisotopic (exact) mass is 296 g/mol. The summed E-state index contributed by atoms with van der Waals surface area (Å²) in [6.07, 6.45) is 0.999. The highest BCUT2D eigenvalue weighted by molar-refractivity contribution is 5.87. The van der Waals surface area contributed by atoms with Gasteiger partial charge in [-0.1, -0.05) is 0 Å². The summed E-state index contributed by atoms with van der Waals surface area (Å²) >= 11 is 0. The molecule has 0 aliphatic heterocycles. The molecular weight excluding hydrogens is 287 g/mol. The van der Waals surface area contributed by atoms with Crippen LogP contribution >= 0.6 is 0 Å². The van der Waals surface area contributed by atoms with Gasteiger partial charge >= 0.3 is 5.97 Å². The van der Waals surface area contributed by atoms with E-state index in [1.165, 1.54) is 7.11 Å². The number of carbonyl (C=O) groups excluding carboxylic acids is 1. The van der Waals surface area contributed by atoms with Gasteiger partial charge in [-0.25, -0.2) is 26.7 Å². The van der Waals surface area contributed by atoms with Gasteiger partial charge in [-0.15, -0.1) is 0 Å². The second-order valence-corrected chi connectivity index (χ2v) is 3.48. The molecule has 0 heterocycles. The number of carbonyl (C=O) groups is 1. The van der Waals surface area contributed by atoms with E-state index >= 15 is 0 Å². The zero-order valence-corrected chi connectivity index (χ0v) is 10.2. The SMILES string of the molecule is COCCOC(=O)/C=C/c1c(F)c(F)c(F)c(F)c1F. The van der Waals surface area contributed by atoms with Gasteiger partial charge in [0, 0.05) is 13.2 Å². The maximum Gasteiger partial charge on any atom is 0.330 e. The number of ether oxygens (including phenoxy) is 2. The van der Waals surface area contributed by atoms with Crippen molar-refractivity contribution >= 4 is 12.0 Å². The highest BCUT2D eigenvalue weighted by Crippen LogP contribution is 2.23. The average Bonchev–Trinajstić information content (AvgIpc) is 2.43. The molecule has 0 radical (unpaired) electrons. The fourth-order valence-electron chi connectivity index (χ4n) is 1.19. The van der Waals surface area contributed by atoms with Crippen molar-refractivity contribution in [2.24, 2.45) is 0 Å². The summed E-state index contributed by atoms with van der Waals surface area (Å²) in [5.74, 6) is -11.5. The van der Waals surface area contributed by atoms with Crippen molar-refractivity contribution in [1.82, 2.24) is 0 Å². The Bertz CT molecular complexity index is 513. The summed E-state index contributed by atoms with van der Waals surface area (Å²) in [6.45, 7) is -0.0150. The van der Waals surface area contributed by atoms with Gasteiger partial charge in [0.25, 0.3) is 0 Å². The first-order valence-corrected chi connectivity index (χ1v) is 5.25. The van der Waals surface area contributed by atoms with Crippen molar-refractivity contribution in [3.63, 3.8) is 0 Å². The van der Waals surface area contributed by atoms with Gasteiger partial charge in [0.2, 0.25) is 5.82 Å². The fourth-order valence-corrected chi connectivity index (χ4v) is 1.19. The average molecular weight is 296 g/mol. The summed E-state index contributed by atoms with van der Waals surface area (Å²) in [5, 5.41) is 0. The van der Waals surface area contributed by atoms with E-state index in [9.17, 15) is 26.7 Å². The second-order valence-electron chi connectivity index (χ2n) is 3.48. The Morgan fingerprint density at radius 3 is 1.95 bits per heavy atom. The molecule has 0 spiro atoms. The van der Waals surface area contributed by atoms with Crippen molar-refractivity contribution in [1.29, 1.82) is 0 Å². The number of benzene rings is 1. The molecule has 1 aromatic rings. The van der Waals surface area contributed by atoms with Crippen molar-refractivity contribution in [2.45, 2.75) is 0 Å². The van der Waals surface area contributed by atoms with Crippen molar-refractivity contribution in [3.8, 4) is 0 Å². The van der Waals surface area contributed by atoms with Gasteiger partial charge in [-0.3, -0.25) is 0 Å². The standard InChI is InChI=1S/C12H9F5O3/c1-19-4-5-20-7(18)3-2-6-8(13)10(15)12(17)11(16)9(6)14/h2-3H,4-5H2,1H3/b3-2+. The third-order valence-corrected chi connectivity index (χ3v) is 2.16. The summed E-state index contributed by atoms with van der Waals surface area (Å²) in [7, 11) is 1.36. The third kappa shape index (κ3) is 3.53. The Morgan fingerprint density at radius 1 is 0.950 bits per heavy atom. The molecule has 0 aromatic heterocycles. The van der Waals surface area contributed by atoms with Gasteiger partial charge in [-0.2, -0.15) is 0 Å². The van der Waals surface area contributed by atoms with E-state index < -0.39 is 40.6 Å². The van der Waals surface area contributed by atoms with Crippen LogP contribution in [0.25, 0.3) is 6.08 Å². The van der Waals surface area contributed by atoms with Crippen LogP contribution in [-0.2, 0) is 14.3 Å². The van der Waals surface area contributed by atoms with Crippen molar-refractivity contribution < 1.29 is 36.2 Å². The van der Waals surface area contributed by atoms with E-state index in [-0.39, 0.29) is 13.2 Å². The summed E-state index contributed by atoms with van der Waals surface area (Å²) in [6, 6.07) is 0. The van der Waals surface area contributed by atoms with Crippen LogP contribution in [0, 0.1) is 29.1 Å². The molecule has 3 nitrogen and oxygen atoms in total. The van der Waals surface area contributed by atoms with Gasteiger partial charge in [0.05, 0.1) is 12.2 Å². The number of hydrogen-bond acceptors (Lipinski definition) is 3. The zero-order chi connectivity index (χ0) is 15.3. The van der Waals surface area contributed by atoms with Crippen molar-refractivity contribution in [2.75, 3.05) is 20.3 Å². The highest BCUT2D eigenvalue weighted by atomic mass is 19.2. The van der Waals surface area contributed by atoms with Gasteiger partial charge in [0.15, 0.2) is 23.3 Å². The maximum atomic E-state index is 13.2. The van der Waals surface area contributed by atoms with Crippen LogP contribution < -0.4 is 0 Å². The molecular formula is C12H9F5O3. The molecule has 0 amide bonds. The van der Waals surface area contributed by atoms with E-state index in [1.54, 1.807) is 0 Å². The Hall–Kier alpha value is -1.96. The minimum atomic E-state index is -2.26. The zero-order valence-electron chi connectivity index (χ0n) is 10.2. The second kappa shape index (κ2) is 6.99. The quantitative estimate of drug-likeness (QED) is 0.209. The highest BCUT2D eigenvalue weighted by Gasteiger charge is 2.24. The molecule has 0 atom stereocenters. The van der Waals surface area contributed by atoms with Crippen LogP contribution in [0.5, 0.6) is 0 Å². The lowest BCUT2D eigenvalue weighted by molar-refractivity contribution is -0.138. The summed E-state index contributed by atoms with van der Waals surface area (Å²) in [4.78, 5) is 11.1. The smallest absolute Gasteiger partial charge is 0.330 e. The van der Waals surface area contributed by atoms with Crippen LogP contribution in [0.4, 0.5) is 22.0 Å². The molecule has 0 aliphatic carbocycles. The van der Waals surface area contributed by atoms with Crippen LogP contribution in [0.2, 0.25) is 0 Å². The molecule has 0 bridgehead atoms. The first kappa shape index (κ1) is 16.1. The lowest BCUT2D eigenvalue weighted by Gasteiger charge is -2.04. The topological polar surface area (TPSA) is 35.5 Å². The molecule has 1 aromatic carbocycles. The molecule has 8 heteroatoms. The Morgan fingerprint density at radius 2 is 1.45 bits per heavy atom. The number of esters is 1. The number of methoxy groups -OCH3 is 1. The van der Waals surface area contributed by atoms with Crippen molar-refractivity contribution in [3.05, 3.63) is 40.7 Å². The Kier molecular flexibility index (Phi) is 5.63. The molecule has 110 valence electrons. The molecule has 0 N–H and O–H groups in total. The number of halogens is 5. The molecule has 0 unspecified atom stereocenters. The third-order valence-electron chi connectivity index (χ3n) is 2.16. The minimum Gasteiger partial charge on any atom is -0.460 e.